The van der Waals surface area contributed by atoms with Crippen molar-refractivity contribution in [1.82, 2.24) is 0 Å². The fourth-order valence-corrected chi connectivity index (χ4v) is 5.80. The molecule has 2 aromatic rings. The molecule has 0 N–H and O–H groups in total. The van der Waals surface area contributed by atoms with Crippen LogP contribution < -0.4 is 0 Å². The molecule has 132 valence electrons. The normalized spacial score (nSPS) is 13.4. The quantitative estimate of drug-likeness (QED) is 0.551. The van der Waals surface area contributed by atoms with E-state index in [1.165, 1.54) is 10.4 Å². The molecule has 0 aliphatic heterocycles. The van der Waals surface area contributed by atoms with E-state index in [2.05, 4.69) is 13.0 Å². The molecule has 1 unspecified atom stereocenters. The Bertz CT molecular complexity index is 744. The number of sulfone groups is 1. The third-order valence-electron chi connectivity index (χ3n) is 4.58. The summed E-state index contributed by atoms with van der Waals surface area (Å²) in [6.07, 6.45) is 3.32. The Morgan fingerprint density at radius 1 is 1.04 bits per heavy atom. The van der Waals surface area contributed by atoms with E-state index in [0.29, 0.717) is 23.7 Å². The summed E-state index contributed by atoms with van der Waals surface area (Å²) in [5.41, 5.74) is 1.18. The Morgan fingerprint density at radius 2 is 1.67 bits per heavy atom. The van der Waals surface area contributed by atoms with Gasteiger partial charge in [-0.2, -0.15) is 0 Å². The molecule has 0 spiro atoms. The summed E-state index contributed by atoms with van der Waals surface area (Å²) in [4.78, 5) is 1.73. The maximum absolute atomic E-state index is 12.6. The van der Waals surface area contributed by atoms with Gasteiger partial charge in [0.05, 0.1) is 14.5 Å². The monoisotopic (exact) mass is 384 g/mol. The number of hydrogen-bond donors (Lipinski definition) is 0. The maximum atomic E-state index is 12.6. The second kappa shape index (κ2) is 8.50. The van der Waals surface area contributed by atoms with E-state index in [4.69, 9.17) is 11.6 Å². The molecule has 24 heavy (non-hydrogen) atoms. The van der Waals surface area contributed by atoms with Gasteiger partial charge < -0.3 is 0 Å². The van der Waals surface area contributed by atoms with Gasteiger partial charge in [-0.05, 0) is 61.4 Å². The molecule has 0 radical (unpaired) electrons. The lowest BCUT2D eigenvalue weighted by Gasteiger charge is -2.15. The zero-order valence-corrected chi connectivity index (χ0v) is 16.8. The SMILES string of the molecule is CCC(CC)S(=O)(=O)c1ccc(C(C)CCc2ccc(Cl)s2)cc1. The number of aryl methyl sites for hydroxylation is 1. The molecule has 5 heteroatoms. The fraction of sp³-hybridized carbons (Fsp3) is 0.474. The highest BCUT2D eigenvalue weighted by Gasteiger charge is 2.24. The Kier molecular flexibility index (Phi) is 6.90. The molecule has 1 atom stereocenters. The lowest BCUT2D eigenvalue weighted by Crippen LogP contribution is -2.19. The van der Waals surface area contributed by atoms with Crippen LogP contribution in [0.2, 0.25) is 4.34 Å². The minimum atomic E-state index is -3.21. The second-order valence-corrected chi connectivity index (χ2v) is 10.2. The third kappa shape index (κ3) is 4.62. The van der Waals surface area contributed by atoms with Crippen molar-refractivity contribution in [3.8, 4) is 0 Å². The van der Waals surface area contributed by atoms with Crippen molar-refractivity contribution in [2.45, 2.75) is 62.5 Å². The van der Waals surface area contributed by atoms with E-state index in [1.54, 1.807) is 23.5 Å². The van der Waals surface area contributed by atoms with Crippen LogP contribution in [0.1, 0.15) is 56.4 Å². The first kappa shape index (κ1) is 19.5. The van der Waals surface area contributed by atoms with Crippen LogP contribution in [-0.2, 0) is 16.3 Å². The molecule has 1 heterocycles. The average Bonchev–Trinajstić information content (AvgIpc) is 2.99. The third-order valence-corrected chi connectivity index (χ3v) is 8.34. The molecule has 0 saturated carbocycles. The summed E-state index contributed by atoms with van der Waals surface area (Å²) in [6, 6.07) is 11.5. The van der Waals surface area contributed by atoms with E-state index in [-0.39, 0.29) is 5.25 Å². The van der Waals surface area contributed by atoms with E-state index < -0.39 is 9.84 Å². The van der Waals surface area contributed by atoms with E-state index in [0.717, 1.165) is 17.2 Å². The average molecular weight is 385 g/mol. The number of thiophene rings is 1. The molecular weight excluding hydrogens is 360 g/mol. The van der Waals surface area contributed by atoms with Crippen LogP contribution in [0.25, 0.3) is 0 Å². The topological polar surface area (TPSA) is 34.1 Å². The van der Waals surface area contributed by atoms with Crippen molar-refractivity contribution < 1.29 is 8.42 Å². The summed E-state index contributed by atoms with van der Waals surface area (Å²) in [5, 5.41) is -0.288. The summed E-state index contributed by atoms with van der Waals surface area (Å²) >= 11 is 7.59. The first-order valence-electron chi connectivity index (χ1n) is 8.46. The molecule has 0 fully saturated rings. The standard InChI is InChI=1S/C19H25ClO2S2/c1-4-17(5-2)24(21,22)18-11-7-15(8-12-18)14(3)6-9-16-10-13-19(20)23-16/h7-8,10-14,17H,4-6,9H2,1-3H3. The summed E-state index contributed by atoms with van der Waals surface area (Å²) in [5.74, 6) is 0.385. The Balaban J connectivity index is 2.05. The fourth-order valence-electron chi connectivity index (χ4n) is 2.92. The van der Waals surface area contributed by atoms with Gasteiger partial charge in [0.15, 0.2) is 9.84 Å². The van der Waals surface area contributed by atoms with Crippen LogP contribution >= 0.6 is 22.9 Å². The van der Waals surface area contributed by atoms with Gasteiger partial charge in [-0.15, -0.1) is 11.3 Å². The van der Waals surface area contributed by atoms with Crippen LogP contribution in [-0.4, -0.2) is 13.7 Å². The van der Waals surface area contributed by atoms with Gasteiger partial charge in [-0.3, -0.25) is 0 Å². The number of rotatable bonds is 8. The lowest BCUT2D eigenvalue weighted by molar-refractivity contribution is 0.571. The van der Waals surface area contributed by atoms with Crippen molar-refractivity contribution in [2.24, 2.45) is 0 Å². The molecule has 0 saturated heterocycles. The van der Waals surface area contributed by atoms with Crippen molar-refractivity contribution >= 4 is 32.8 Å². The number of benzene rings is 1. The molecule has 2 rings (SSSR count). The predicted octanol–water partition coefficient (Wildman–Crippen LogP) is 6.10. The van der Waals surface area contributed by atoms with E-state index in [1.807, 2.05) is 32.0 Å². The van der Waals surface area contributed by atoms with E-state index >= 15 is 0 Å². The highest BCUT2D eigenvalue weighted by molar-refractivity contribution is 7.92. The first-order valence-corrected chi connectivity index (χ1v) is 11.2. The summed E-state index contributed by atoms with van der Waals surface area (Å²) in [7, 11) is -3.21. The van der Waals surface area contributed by atoms with Crippen molar-refractivity contribution in [3.63, 3.8) is 0 Å². The van der Waals surface area contributed by atoms with Gasteiger partial charge in [-0.1, -0.05) is 44.5 Å². The van der Waals surface area contributed by atoms with Crippen LogP contribution in [0.15, 0.2) is 41.3 Å². The molecule has 1 aromatic heterocycles. The zero-order chi connectivity index (χ0) is 17.7. The molecule has 0 aliphatic rings. The van der Waals surface area contributed by atoms with Gasteiger partial charge in [0.25, 0.3) is 0 Å². The molecule has 0 bridgehead atoms. The Morgan fingerprint density at radius 3 is 2.17 bits per heavy atom. The van der Waals surface area contributed by atoms with Crippen molar-refractivity contribution in [2.75, 3.05) is 0 Å². The minimum Gasteiger partial charge on any atom is -0.223 e. The first-order chi connectivity index (χ1) is 11.4. The summed E-state index contributed by atoms with van der Waals surface area (Å²) < 4.78 is 26.0. The molecular formula is C19H25ClO2S2. The van der Waals surface area contributed by atoms with Crippen molar-refractivity contribution in [3.05, 3.63) is 51.2 Å². The highest BCUT2D eigenvalue weighted by atomic mass is 35.5. The Hall–Kier alpha value is -0.840. The van der Waals surface area contributed by atoms with Crippen LogP contribution in [0.3, 0.4) is 0 Å². The Labute approximate surface area is 154 Å². The van der Waals surface area contributed by atoms with E-state index in [9.17, 15) is 8.42 Å². The predicted molar refractivity (Wildman–Crippen MR) is 104 cm³/mol. The largest absolute Gasteiger partial charge is 0.223 e. The number of hydrogen-bond acceptors (Lipinski definition) is 3. The van der Waals surface area contributed by atoms with Gasteiger partial charge in [0, 0.05) is 4.88 Å². The highest BCUT2D eigenvalue weighted by Crippen LogP contribution is 2.28. The zero-order valence-electron chi connectivity index (χ0n) is 14.5. The smallest absolute Gasteiger partial charge is 0.181 e. The van der Waals surface area contributed by atoms with Gasteiger partial charge in [0.2, 0.25) is 0 Å². The van der Waals surface area contributed by atoms with Crippen LogP contribution in [0.5, 0.6) is 0 Å². The minimum absolute atomic E-state index is 0.288. The van der Waals surface area contributed by atoms with Gasteiger partial charge in [0.1, 0.15) is 0 Å². The molecule has 1 aromatic carbocycles. The number of halogens is 1. The maximum Gasteiger partial charge on any atom is 0.181 e. The molecule has 0 amide bonds. The lowest BCUT2D eigenvalue weighted by atomic mass is 9.96. The van der Waals surface area contributed by atoms with Gasteiger partial charge >= 0.3 is 0 Å². The molecule has 0 aliphatic carbocycles. The van der Waals surface area contributed by atoms with Crippen LogP contribution in [0.4, 0.5) is 0 Å². The van der Waals surface area contributed by atoms with Crippen molar-refractivity contribution in [1.29, 1.82) is 0 Å². The second-order valence-electron chi connectivity index (χ2n) is 6.20. The van der Waals surface area contributed by atoms with Crippen LogP contribution in [0, 0.1) is 0 Å². The van der Waals surface area contributed by atoms with Gasteiger partial charge in [-0.25, -0.2) is 8.42 Å². The molecule has 2 nitrogen and oxygen atoms in total. The summed E-state index contributed by atoms with van der Waals surface area (Å²) in [6.45, 7) is 6.04.